The number of likely N-dealkylation sites (tertiary alicyclic amines) is 1. The van der Waals surface area contributed by atoms with Gasteiger partial charge in [-0.3, -0.25) is 14.5 Å². The fourth-order valence-electron chi connectivity index (χ4n) is 4.69. The average molecular weight is 399 g/mol. The number of carbonyl (C=O) groups excluding carboxylic acids is 3. The van der Waals surface area contributed by atoms with E-state index >= 15 is 0 Å². The van der Waals surface area contributed by atoms with Gasteiger partial charge < -0.3 is 10.1 Å². The van der Waals surface area contributed by atoms with Crippen molar-refractivity contribution in [2.45, 2.75) is 25.4 Å². The first kappa shape index (κ1) is 18.8. The van der Waals surface area contributed by atoms with Crippen molar-refractivity contribution in [3.05, 3.63) is 58.3 Å². The minimum Gasteiger partial charge on any atom is -0.461 e. The van der Waals surface area contributed by atoms with Gasteiger partial charge in [0.1, 0.15) is 17.9 Å². The van der Waals surface area contributed by atoms with Gasteiger partial charge >= 0.3 is 5.97 Å². The second-order valence-corrected chi connectivity index (χ2v) is 8.07. The topological polar surface area (TPSA) is 80.3 Å². The monoisotopic (exact) mass is 399 g/mol. The molecule has 146 valence electrons. The molecule has 4 rings (SSSR count). The predicted octanol–water partition coefficient (Wildman–Crippen LogP) is 1.45. The lowest BCUT2D eigenvalue weighted by Gasteiger charge is -2.29. The quantitative estimate of drug-likeness (QED) is 0.610. The summed E-state index contributed by atoms with van der Waals surface area (Å²) in [4.78, 5) is 42.1. The number of nitrogens with zero attached hydrogens (tertiary/aromatic N) is 1. The van der Waals surface area contributed by atoms with Crippen LogP contribution < -0.4 is 5.32 Å². The second-order valence-electron chi connectivity index (χ2n) is 7.09. The molecule has 0 bridgehead atoms. The summed E-state index contributed by atoms with van der Waals surface area (Å²) in [7, 11) is 0. The van der Waals surface area contributed by atoms with E-state index in [1.165, 1.54) is 16.2 Å². The second kappa shape index (κ2) is 7.14. The van der Waals surface area contributed by atoms with Gasteiger partial charge in [0, 0.05) is 12.1 Å². The zero-order valence-electron chi connectivity index (χ0n) is 15.8. The van der Waals surface area contributed by atoms with Crippen molar-refractivity contribution < 1.29 is 24.4 Å². The molecule has 28 heavy (non-hydrogen) atoms. The molecule has 7 heteroatoms. The van der Waals surface area contributed by atoms with Crippen LogP contribution in [0.15, 0.2) is 47.8 Å². The Balaban J connectivity index is 1.93. The fraction of sp³-hybridized carbons (Fsp3) is 0.381. The summed E-state index contributed by atoms with van der Waals surface area (Å²) in [5, 5.41) is 3.84. The van der Waals surface area contributed by atoms with Gasteiger partial charge in [-0.2, -0.15) is 0 Å². The highest BCUT2D eigenvalue weighted by Crippen LogP contribution is 2.49. The molecule has 2 amide bonds. The fourth-order valence-corrected chi connectivity index (χ4v) is 5.53. The van der Waals surface area contributed by atoms with E-state index < -0.39 is 23.3 Å². The van der Waals surface area contributed by atoms with Crippen LogP contribution in [-0.2, 0) is 24.7 Å². The smallest absolute Gasteiger partial charge is 0.373 e. The maximum absolute atomic E-state index is 13.3. The van der Waals surface area contributed by atoms with Gasteiger partial charge in [0.2, 0.25) is 17.4 Å². The van der Waals surface area contributed by atoms with E-state index in [2.05, 4.69) is 0 Å². The molecule has 0 spiro atoms. The van der Waals surface area contributed by atoms with E-state index in [4.69, 9.17) is 4.74 Å². The Labute approximate surface area is 167 Å². The molecule has 6 nitrogen and oxygen atoms in total. The Morgan fingerprint density at radius 2 is 1.89 bits per heavy atom. The van der Waals surface area contributed by atoms with Crippen molar-refractivity contribution >= 4 is 29.1 Å². The third kappa shape index (κ3) is 2.53. The molecule has 4 atom stereocenters. The highest BCUT2D eigenvalue weighted by Gasteiger charge is 2.73. The van der Waals surface area contributed by atoms with Crippen LogP contribution in [0.3, 0.4) is 0 Å². The zero-order valence-corrected chi connectivity index (χ0v) is 16.6. The van der Waals surface area contributed by atoms with Crippen LogP contribution in [0.1, 0.15) is 30.3 Å². The predicted molar refractivity (Wildman–Crippen MR) is 103 cm³/mol. The molecule has 0 saturated carbocycles. The molecule has 2 aliphatic rings. The Morgan fingerprint density at radius 3 is 2.50 bits per heavy atom. The SMILES string of the molecule is CCOC(=O)[C@]1(c2ccccc2)[NH2+][C@@H](c2cccs2)[C@H]2C(=O)N(CC)C(=O)[C@H]21. The molecule has 0 radical (unpaired) electrons. The average Bonchev–Trinajstić information content (AvgIpc) is 3.40. The summed E-state index contributed by atoms with van der Waals surface area (Å²) < 4.78 is 5.46. The number of imide groups is 1. The number of fused-ring (bicyclic) bond motifs is 1. The number of rotatable bonds is 5. The number of benzene rings is 1. The van der Waals surface area contributed by atoms with Crippen molar-refractivity contribution in [2.24, 2.45) is 11.8 Å². The van der Waals surface area contributed by atoms with E-state index in [-0.39, 0.29) is 24.5 Å². The Kier molecular flexibility index (Phi) is 4.81. The van der Waals surface area contributed by atoms with Gasteiger partial charge in [-0.05, 0) is 25.3 Å². The van der Waals surface area contributed by atoms with Crippen LogP contribution >= 0.6 is 11.3 Å². The minimum absolute atomic E-state index is 0.200. The lowest BCUT2D eigenvalue weighted by atomic mass is 9.75. The molecule has 2 saturated heterocycles. The summed E-state index contributed by atoms with van der Waals surface area (Å²) in [6, 6.07) is 12.8. The molecule has 0 aliphatic carbocycles. The van der Waals surface area contributed by atoms with Crippen molar-refractivity contribution in [2.75, 3.05) is 13.2 Å². The Hall–Kier alpha value is -2.51. The Morgan fingerprint density at radius 1 is 1.14 bits per heavy atom. The maximum atomic E-state index is 13.3. The maximum Gasteiger partial charge on any atom is 0.373 e. The van der Waals surface area contributed by atoms with Gasteiger partial charge in [0.05, 0.1) is 11.5 Å². The highest BCUT2D eigenvalue weighted by atomic mass is 32.1. The summed E-state index contributed by atoms with van der Waals surface area (Å²) in [6.45, 7) is 4.05. The van der Waals surface area contributed by atoms with Crippen LogP contribution in [0, 0.1) is 11.8 Å². The molecule has 2 N–H and O–H groups in total. The number of carbonyl (C=O) groups is 3. The molecule has 1 aromatic carbocycles. The first-order valence-electron chi connectivity index (χ1n) is 9.53. The number of nitrogens with two attached hydrogens (primary N) is 1. The summed E-state index contributed by atoms with van der Waals surface area (Å²) in [6.07, 6.45) is 0. The lowest BCUT2D eigenvalue weighted by Crippen LogP contribution is -2.96. The third-order valence-electron chi connectivity index (χ3n) is 5.81. The zero-order chi connectivity index (χ0) is 19.9. The van der Waals surface area contributed by atoms with Crippen molar-refractivity contribution in [3.63, 3.8) is 0 Å². The highest BCUT2D eigenvalue weighted by molar-refractivity contribution is 7.10. The van der Waals surface area contributed by atoms with E-state index in [1.54, 1.807) is 13.8 Å². The van der Waals surface area contributed by atoms with Crippen molar-refractivity contribution in [1.29, 1.82) is 0 Å². The number of esters is 1. The first-order valence-corrected chi connectivity index (χ1v) is 10.4. The van der Waals surface area contributed by atoms with Gasteiger partial charge in [-0.1, -0.05) is 36.4 Å². The van der Waals surface area contributed by atoms with E-state index in [0.29, 0.717) is 12.1 Å². The Bertz CT molecular complexity index is 898. The number of hydrogen-bond donors (Lipinski definition) is 1. The molecule has 2 aromatic rings. The van der Waals surface area contributed by atoms with E-state index in [0.717, 1.165) is 4.88 Å². The third-order valence-corrected chi connectivity index (χ3v) is 6.79. The normalized spacial score (nSPS) is 29.2. The van der Waals surface area contributed by atoms with Gasteiger partial charge in [0.15, 0.2) is 0 Å². The standard InChI is InChI=1S/C21H22N2O4S/c1-3-23-18(24)15-16(19(23)25)21(20(26)27-4-2,13-9-6-5-7-10-13)22-17(15)14-11-8-12-28-14/h5-12,15-17,22H,3-4H2,1-2H3/p+1/t15-,16-,17-,21+/m0/s1. The largest absolute Gasteiger partial charge is 0.461 e. The number of hydrogen-bond acceptors (Lipinski definition) is 5. The summed E-state index contributed by atoms with van der Waals surface area (Å²) in [5.74, 6) is -2.32. The van der Waals surface area contributed by atoms with Gasteiger partial charge in [-0.15, -0.1) is 11.3 Å². The van der Waals surface area contributed by atoms with Crippen molar-refractivity contribution in [3.8, 4) is 0 Å². The molecule has 2 aliphatic heterocycles. The van der Waals surface area contributed by atoms with E-state index in [9.17, 15) is 14.4 Å². The van der Waals surface area contributed by atoms with Crippen molar-refractivity contribution in [1.82, 2.24) is 4.90 Å². The lowest BCUT2D eigenvalue weighted by molar-refractivity contribution is -0.742. The molecule has 3 heterocycles. The van der Waals surface area contributed by atoms with Crippen LogP contribution in [-0.4, -0.2) is 35.8 Å². The van der Waals surface area contributed by atoms with Crippen LogP contribution in [0.25, 0.3) is 0 Å². The van der Waals surface area contributed by atoms with Crippen LogP contribution in [0.2, 0.25) is 0 Å². The van der Waals surface area contributed by atoms with E-state index in [1.807, 2.05) is 53.2 Å². The number of quaternary nitrogens is 1. The first-order chi connectivity index (χ1) is 13.6. The van der Waals surface area contributed by atoms with Gasteiger partial charge in [0.25, 0.3) is 0 Å². The molecular formula is C21H23N2O4S+. The summed E-state index contributed by atoms with van der Waals surface area (Å²) in [5.41, 5.74) is -0.575. The minimum atomic E-state index is -1.27. The molecular weight excluding hydrogens is 376 g/mol. The van der Waals surface area contributed by atoms with Crippen LogP contribution in [0.5, 0.6) is 0 Å². The number of amides is 2. The van der Waals surface area contributed by atoms with Gasteiger partial charge in [-0.25, -0.2) is 4.79 Å². The number of thiophene rings is 1. The molecule has 1 aromatic heterocycles. The number of ether oxygens (including phenoxy) is 1. The van der Waals surface area contributed by atoms with Crippen LogP contribution in [0.4, 0.5) is 0 Å². The molecule has 2 fully saturated rings. The molecule has 0 unspecified atom stereocenters. The summed E-state index contributed by atoms with van der Waals surface area (Å²) >= 11 is 1.54.